The van der Waals surface area contributed by atoms with Gasteiger partial charge in [0, 0.05) is 10.9 Å². The van der Waals surface area contributed by atoms with Crippen molar-refractivity contribution in [2.24, 2.45) is 0 Å². The van der Waals surface area contributed by atoms with Gasteiger partial charge in [0.05, 0.1) is 16.6 Å². The van der Waals surface area contributed by atoms with Crippen LogP contribution in [0.25, 0.3) is 0 Å². The molecule has 1 aromatic heterocycles. The maximum absolute atomic E-state index is 5.76. The lowest BCUT2D eigenvalue weighted by Crippen LogP contribution is -2.38. The molecule has 0 N–H and O–H groups in total. The van der Waals surface area contributed by atoms with Crippen LogP contribution in [0.3, 0.4) is 0 Å². The first-order valence-corrected chi connectivity index (χ1v) is 8.27. The van der Waals surface area contributed by atoms with Gasteiger partial charge in [-0.05, 0) is 59.0 Å². The van der Waals surface area contributed by atoms with Crippen molar-refractivity contribution in [3.05, 3.63) is 16.1 Å². The Labute approximate surface area is 119 Å². The molecule has 0 radical (unpaired) electrons. The van der Waals surface area contributed by atoms with Crippen molar-refractivity contribution in [3.8, 4) is 0 Å². The van der Waals surface area contributed by atoms with E-state index in [2.05, 4.69) is 29.1 Å². The molecule has 2 heterocycles. The Morgan fingerprint density at radius 1 is 1.44 bits per heavy atom. The maximum atomic E-state index is 5.76. The molecular weight excluding hydrogens is 264 g/mol. The highest BCUT2D eigenvalue weighted by atomic mass is 35.5. The molecule has 1 aromatic rings. The molecule has 1 fully saturated rings. The Bertz CT molecular complexity index is 376. The molecule has 0 spiro atoms. The molecule has 4 heteroatoms. The summed E-state index contributed by atoms with van der Waals surface area (Å²) in [5.74, 6) is 0.540. The van der Waals surface area contributed by atoms with E-state index in [1.165, 1.54) is 43.8 Å². The summed E-state index contributed by atoms with van der Waals surface area (Å²) in [5.41, 5.74) is 1.45. The van der Waals surface area contributed by atoms with Crippen LogP contribution in [0.5, 0.6) is 0 Å². The van der Waals surface area contributed by atoms with E-state index in [9.17, 15) is 0 Å². The monoisotopic (exact) mass is 286 g/mol. The van der Waals surface area contributed by atoms with Crippen molar-refractivity contribution in [1.29, 1.82) is 0 Å². The van der Waals surface area contributed by atoms with E-state index in [1.807, 2.05) is 0 Å². The van der Waals surface area contributed by atoms with E-state index in [-0.39, 0.29) is 0 Å². The average molecular weight is 287 g/mol. The molecule has 0 unspecified atom stereocenters. The zero-order valence-electron chi connectivity index (χ0n) is 11.4. The summed E-state index contributed by atoms with van der Waals surface area (Å²) in [5, 5.41) is 3.32. The fraction of sp³-hybridized carbons (Fsp3) is 0.786. The van der Waals surface area contributed by atoms with Crippen molar-refractivity contribution in [3.63, 3.8) is 0 Å². The molecule has 1 aliphatic heterocycles. The van der Waals surface area contributed by atoms with Gasteiger partial charge in [-0.15, -0.1) is 22.9 Å². The summed E-state index contributed by atoms with van der Waals surface area (Å²) < 4.78 is 0. The number of hydrogen-bond donors (Lipinski definition) is 0. The number of rotatable bonds is 6. The standard InChI is InChI=1S/C14H23ClN2S/c1-14(2)7-5-9-17(14)8-4-3-6-13-16-12(10-15)11-18-13/h11H,3-10H2,1-2H3. The van der Waals surface area contributed by atoms with Crippen LogP contribution in [-0.2, 0) is 12.3 Å². The number of halogens is 1. The van der Waals surface area contributed by atoms with Crippen molar-refractivity contribution < 1.29 is 0 Å². The van der Waals surface area contributed by atoms with Crippen molar-refractivity contribution in [1.82, 2.24) is 9.88 Å². The minimum Gasteiger partial charge on any atom is -0.298 e. The number of aromatic nitrogens is 1. The summed E-state index contributed by atoms with van der Waals surface area (Å²) in [6.45, 7) is 7.25. The van der Waals surface area contributed by atoms with E-state index >= 15 is 0 Å². The Morgan fingerprint density at radius 3 is 2.89 bits per heavy atom. The SMILES string of the molecule is CC1(C)CCCN1CCCCc1nc(CCl)cs1. The molecule has 0 atom stereocenters. The number of likely N-dealkylation sites (tertiary alicyclic amines) is 1. The first-order valence-electron chi connectivity index (χ1n) is 6.86. The number of aryl methyl sites for hydroxylation is 1. The van der Waals surface area contributed by atoms with Crippen molar-refractivity contribution >= 4 is 22.9 Å². The molecule has 0 amide bonds. The molecule has 2 nitrogen and oxygen atoms in total. The Hall–Kier alpha value is -0.120. The second kappa shape index (κ2) is 6.36. The van der Waals surface area contributed by atoms with Crippen LogP contribution in [-0.4, -0.2) is 28.5 Å². The van der Waals surface area contributed by atoms with Crippen LogP contribution in [0, 0.1) is 0 Å². The second-order valence-electron chi connectivity index (χ2n) is 5.73. The Morgan fingerprint density at radius 2 is 2.28 bits per heavy atom. The van der Waals surface area contributed by atoms with Gasteiger partial charge < -0.3 is 0 Å². The minimum atomic E-state index is 0.424. The largest absolute Gasteiger partial charge is 0.298 e. The van der Waals surface area contributed by atoms with Crippen LogP contribution >= 0.6 is 22.9 Å². The number of hydrogen-bond acceptors (Lipinski definition) is 3. The van der Waals surface area contributed by atoms with Gasteiger partial charge in [-0.25, -0.2) is 4.98 Å². The normalized spacial score (nSPS) is 19.5. The topological polar surface area (TPSA) is 16.1 Å². The first kappa shape index (κ1) is 14.3. The smallest absolute Gasteiger partial charge is 0.0928 e. The lowest BCUT2D eigenvalue weighted by Gasteiger charge is -2.31. The molecule has 2 rings (SSSR count). The predicted molar refractivity (Wildman–Crippen MR) is 79.5 cm³/mol. The van der Waals surface area contributed by atoms with Gasteiger partial charge in [0.25, 0.3) is 0 Å². The minimum absolute atomic E-state index is 0.424. The summed E-state index contributed by atoms with van der Waals surface area (Å²) in [4.78, 5) is 7.14. The van der Waals surface area contributed by atoms with E-state index < -0.39 is 0 Å². The first-order chi connectivity index (χ1) is 8.62. The third-order valence-corrected chi connectivity index (χ3v) is 5.11. The Balaban J connectivity index is 1.67. The zero-order chi connectivity index (χ0) is 13.0. The summed E-state index contributed by atoms with van der Waals surface area (Å²) in [7, 11) is 0. The highest BCUT2D eigenvalue weighted by Crippen LogP contribution is 2.28. The highest BCUT2D eigenvalue weighted by molar-refractivity contribution is 7.09. The van der Waals surface area contributed by atoms with E-state index in [0.29, 0.717) is 11.4 Å². The fourth-order valence-corrected chi connectivity index (χ4v) is 3.75. The zero-order valence-corrected chi connectivity index (χ0v) is 13.0. The number of thiazole rings is 1. The molecule has 1 saturated heterocycles. The molecule has 0 aliphatic carbocycles. The van der Waals surface area contributed by atoms with Crippen molar-refractivity contribution in [2.75, 3.05) is 13.1 Å². The maximum Gasteiger partial charge on any atom is 0.0928 e. The van der Waals surface area contributed by atoms with Gasteiger partial charge >= 0.3 is 0 Å². The highest BCUT2D eigenvalue weighted by Gasteiger charge is 2.30. The van der Waals surface area contributed by atoms with E-state index in [4.69, 9.17) is 11.6 Å². The van der Waals surface area contributed by atoms with Crippen molar-refractivity contribution in [2.45, 2.75) is 57.4 Å². The molecule has 0 saturated carbocycles. The molecule has 18 heavy (non-hydrogen) atoms. The summed E-state index contributed by atoms with van der Waals surface area (Å²) in [6.07, 6.45) is 6.33. The quantitative estimate of drug-likeness (QED) is 0.579. The van der Waals surface area contributed by atoms with Crippen LogP contribution in [0.4, 0.5) is 0 Å². The summed E-state index contributed by atoms with van der Waals surface area (Å²) >= 11 is 7.50. The van der Waals surface area contributed by atoms with Gasteiger partial charge in [-0.2, -0.15) is 0 Å². The predicted octanol–water partition coefficient (Wildman–Crippen LogP) is 4.08. The number of nitrogens with zero attached hydrogens (tertiary/aromatic N) is 2. The van der Waals surface area contributed by atoms with Crippen LogP contribution in [0.1, 0.15) is 50.2 Å². The van der Waals surface area contributed by atoms with Gasteiger partial charge in [0.15, 0.2) is 0 Å². The second-order valence-corrected chi connectivity index (χ2v) is 6.94. The molecule has 0 bridgehead atoms. The third kappa shape index (κ3) is 3.69. The van der Waals surface area contributed by atoms with Crippen LogP contribution in [0.15, 0.2) is 5.38 Å². The third-order valence-electron chi connectivity index (χ3n) is 3.88. The van der Waals surface area contributed by atoms with E-state index in [0.717, 1.165) is 12.1 Å². The van der Waals surface area contributed by atoms with Gasteiger partial charge in [-0.3, -0.25) is 4.90 Å². The molecular formula is C14H23ClN2S. The molecule has 0 aromatic carbocycles. The lowest BCUT2D eigenvalue weighted by molar-refractivity contribution is 0.172. The lowest BCUT2D eigenvalue weighted by atomic mass is 10.0. The van der Waals surface area contributed by atoms with Gasteiger partial charge in [0.2, 0.25) is 0 Å². The number of alkyl halides is 1. The number of unbranched alkanes of at least 4 members (excludes halogenated alkanes) is 1. The van der Waals surface area contributed by atoms with Gasteiger partial charge in [-0.1, -0.05) is 0 Å². The average Bonchev–Trinajstić information content (AvgIpc) is 2.91. The van der Waals surface area contributed by atoms with Crippen LogP contribution in [0.2, 0.25) is 0 Å². The molecule has 102 valence electrons. The van der Waals surface area contributed by atoms with E-state index in [1.54, 1.807) is 11.3 Å². The Kier molecular flexibility index (Phi) is 5.05. The van der Waals surface area contributed by atoms with Crippen LogP contribution < -0.4 is 0 Å². The molecule has 1 aliphatic rings. The van der Waals surface area contributed by atoms with Gasteiger partial charge in [0.1, 0.15) is 0 Å². The summed E-state index contributed by atoms with van der Waals surface area (Å²) in [6, 6.07) is 0. The fourth-order valence-electron chi connectivity index (χ4n) is 2.68.